The average Bonchev–Trinajstić information content (AvgIpc) is 2.74. The Morgan fingerprint density at radius 3 is 2.31 bits per heavy atom. The lowest BCUT2D eigenvalue weighted by Crippen LogP contribution is -2.25. The van der Waals surface area contributed by atoms with E-state index in [1.807, 2.05) is 0 Å². The molecule has 0 heteroatoms. The van der Waals surface area contributed by atoms with Gasteiger partial charge in [0.25, 0.3) is 0 Å². The zero-order valence-electron chi connectivity index (χ0n) is 17.8. The topological polar surface area (TPSA) is 0 Å². The molecular weight excluding hydrogens is 348 g/mol. The zero-order valence-corrected chi connectivity index (χ0v) is 17.8. The lowest BCUT2D eigenvalue weighted by molar-refractivity contribution is 0.487. The molecule has 29 heavy (non-hydrogen) atoms. The first kappa shape index (κ1) is 18.4. The van der Waals surface area contributed by atoms with Crippen LogP contribution in [0.25, 0.3) is 5.57 Å². The van der Waals surface area contributed by atoms with Gasteiger partial charge in [-0.25, -0.2) is 0 Å². The minimum atomic E-state index is 0.455. The minimum absolute atomic E-state index is 0.455. The lowest BCUT2D eigenvalue weighted by atomic mass is 9.63. The largest absolute Gasteiger partial charge is 0.0730 e. The molecule has 0 heterocycles. The number of rotatable bonds is 2. The molecule has 0 nitrogen and oxygen atoms in total. The summed E-state index contributed by atoms with van der Waals surface area (Å²) in [6.07, 6.45) is 12.0. The van der Waals surface area contributed by atoms with Crippen molar-refractivity contribution in [1.29, 1.82) is 0 Å². The minimum Gasteiger partial charge on any atom is -0.0730 e. The predicted molar refractivity (Wildman–Crippen MR) is 124 cm³/mol. The maximum absolute atomic E-state index is 2.52. The van der Waals surface area contributed by atoms with Crippen molar-refractivity contribution in [2.45, 2.75) is 52.4 Å². The van der Waals surface area contributed by atoms with E-state index in [0.717, 1.165) is 6.42 Å². The van der Waals surface area contributed by atoms with Crippen molar-refractivity contribution >= 4 is 5.57 Å². The SMILES string of the molecule is CC1=CC=C(C2=C3C=C(C)CCC3C(c3ccc(C)cc3)c3ccccc32)CC1. The second-order valence-corrected chi connectivity index (χ2v) is 9.15. The molecule has 3 aliphatic rings. The molecule has 0 fully saturated rings. The summed E-state index contributed by atoms with van der Waals surface area (Å²) in [5.41, 5.74) is 13.4. The number of allylic oxidation sites excluding steroid dienone is 8. The average molecular weight is 379 g/mol. The summed E-state index contributed by atoms with van der Waals surface area (Å²) in [4.78, 5) is 0. The third kappa shape index (κ3) is 3.25. The highest BCUT2D eigenvalue weighted by atomic mass is 14.4. The molecule has 2 unspecified atom stereocenters. The quantitative estimate of drug-likeness (QED) is 0.498. The Morgan fingerprint density at radius 2 is 1.55 bits per heavy atom. The molecule has 5 rings (SSSR count). The Kier molecular flexibility index (Phi) is 4.66. The number of fused-ring (bicyclic) bond motifs is 2. The van der Waals surface area contributed by atoms with Crippen LogP contribution in [0.4, 0.5) is 0 Å². The van der Waals surface area contributed by atoms with Gasteiger partial charge in [-0.05, 0) is 85.8 Å². The molecule has 0 spiro atoms. The van der Waals surface area contributed by atoms with Crippen molar-refractivity contribution in [2.75, 3.05) is 0 Å². The Labute approximate surface area is 175 Å². The highest BCUT2D eigenvalue weighted by molar-refractivity contribution is 5.88. The van der Waals surface area contributed by atoms with E-state index in [0.29, 0.717) is 11.8 Å². The van der Waals surface area contributed by atoms with Gasteiger partial charge in [0.15, 0.2) is 0 Å². The fraction of sp³-hybridized carbons (Fsp3) is 0.310. The predicted octanol–water partition coefficient (Wildman–Crippen LogP) is 7.92. The maximum Gasteiger partial charge on any atom is 0.0164 e. The van der Waals surface area contributed by atoms with E-state index in [2.05, 4.69) is 87.5 Å². The van der Waals surface area contributed by atoms with Gasteiger partial charge < -0.3 is 0 Å². The van der Waals surface area contributed by atoms with Gasteiger partial charge in [-0.15, -0.1) is 0 Å². The summed E-state index contributed by atoms with van der Waals surface area (Å²) in [5, 5.41) is 0. The van der Waals surface area contributed by atoms with E-state index in [9.17, 15) is 0 Å². The molecule has 0 radical (unpaired) electrons. The van der Waals surface area contributed by atoms with Crippen LogP contribution in [0.2, 0.25) is 0 Å². The van der Waals surface area contributed by atoms with E-state index in [1.165, 1.54) is 63.8 Å². The fourth-order valence-electron chi connectivity index (χ4n) is 5.45. The van der Waals surface area contributed by atoms with Crippen LogP contribution < -0.4 is 0 Å². The second-order valence-electron chi connectivity index (χ2n) is 9.15. The monoisotopic (exact) mass is 378 g/mol. The number of aryl methyl sites for hydroxylation is 1. The van der Waals surface area contributed by atoms with Crippen molar-refractivity contribution in [3.63, 3.8) is 0 Å². The van der Waals surface area contributed by atoms with Gasteiger partial charge in [-0.3, -0.25) is 0 Å². The first-order valence-corrected chi connectivity index (χ1v) is 11.1. The molecule has 146 valence electrons. The number of benzene rings is 2. The Bertz CT molecular complexity index is 1070. The van der Waals surface area contributed by atoms with Crippen molar-refractivity contribution in [1.82, 2.24) is 0 Å². The van der Waals surface area contributed by atoms with Crippen LogP contribution in [0.1, 0.15) is 67.7 Å². The van der Waals surface area contributed by atoms with Crippen molar-refractivity contribution < 1.29 is 0 Å². The van der Waals surface area contributed by atoms with Crippen molar-refractivity contribution in [3.8, 4) is 0 Å². The molecule has 2 aromatic carbocycles. The Morgan fingerprint density at radius 1 is 0.759 bits per heavy atom. The third-order valence-electron chi connectivity index (χ3n) is 7.02. The molecule has 0 saturated carbocycles. The molecule has 0 aliphatic heterocycles. The van der Waals surface area contributed by atoms with Gasteiger partial charge in [0.1, 0.15) is 0 Å². The standard InChI is InChI=1S/C29H30/c1-19-8-13-22(14-9-19)28-24-6-4-5-7-25(24)29(23-15-10-20(2)11-16-23)27-18-21(3)12-17-26(27)28/h4-10,13-15,18,26,28H,11-12,16-17H2,1-3H3. The summed E-state index contributed by atoms with van der Waals surface area (Å²) in [6, 6.07) is 18.5. The molecule has 2 aromatic rings. The van der Waals surface area contributed by atoms with Gasteiger partial charge >= 0.3 is 0 Å². The zero-order chi connectivity index (χ0) is 20.0. The summed E-state index contributed by atoms with van der Waals surface area (Å²) in [6.45, 7) is 6.74. The molecule has 3 aliphatic carbocycles. The van der Waals surface area contributed by atoms with Crippen LogP contribution in [-0.4, -0.2) is 0 Å². The van der Waals surface area contributed by atoms with E-state index >= 15 is 0 Å². The summed E-state index contributed by atoms with van der Waals surface area (Å²) < 4.78 is 0. The van der Waals surface area contributed by atoms with Crippen LogP contribution in [-0.2, 0) is 0 Å². The summed E-state index contributed by atoms with van der Waals surface area (Å²) >= 11 is 0. The van der Waals surface area contributed by atoms with Crippen LogP contribution in [0.3, 0.4) is 0 Å². The molecule has 0 saturated heterocycles. The molecule has 0 aromatic heterocycles. The summed E-state index contributed by atoms with van der Waals surface area (Å²) in [5.74, 6) is 1.02. The van der Waals surface area contributed by atoms with Crippen molar-refractivity contribution in [3.05, 3.63) is 111 Å². The molecule has 0 N–H and O–H groups in total. The first-order chi connectivity index (χ1) is 14.1. The molecule has 0 amide bonds. The molecule has 0 bridgehead atoms. The van der Waals surface area contributed by atoms with E-state index in [4.69, 9.17) is 0 Å². The van der Waals surface area contributed by atoms with Crippen LogP contribution in [0.5, 0.6) is 0 Å². The van der Waals surface area contributed by atoms with E-state index in [-0.39, 0.29) is 0 Å². The highest BCUT2D eigenvalue weighted by Gasteiger charge is 2.37. The van der Waals surface area contributed by atoms with Crippen LogP contribution >= 0.6 is 0 Å². The molecular formula is C29H30. The Hall–Kier alpha value is -2.60. The smallest absolute Gasteiger partial charge is 0.0164 e. The second kappa shape index (κ2) is 7.34. The third-order valence-corrected chi connectivity index (χ3v) is 7.02. The number of hydrogen-bond acceptors (Lipinski definition) is 0. The van der Waals surface area contributed by atoms with Crippen LogP contribution in [0, 0.1) is 12.8 Å². The van der Waals surface area contributed by atoms with Gasteiger partial charge in [-0.2, -0.15) is 0 Å². The van der Waals surface area contributed by atoms with Gasteiger partial charge in [-0.1, -0.05) is 83.5 Å². The maximum atomic E-state index is 2.52. The normalized spacial score (nSPS) is 23.6. The molecule has 2 atom stereocenters. The van der Waals surface area contributed by atoms with Crippen molar-refractivity contribution in [2.24, 2.45) is 5.92 Å². The Balaban J connectivity index is 1.76. The number of hydrogen-bond donors (Lipinski definition) is 0. The highest BCUT2D eigenvalue weighted by Crippen LogP contribution is 2.53. The lowest BCUT2D eigenvalue weighted by Gasteiger charge is -2.40. The van der Waals surface area contributed by atoms with Gasteiger partial charge in [0, 0.05) is 5.92 Å². The van der Waals surface area contributed by atoms with E-state index < -0.39 is 0 Å². The van der Waals surface area contributed by atoms with Gasteiger partial charge in [0.2, 0.25) is 0 Å². The fourth-order valence-corrected chi connectivity index (χ4v) is 5.45. The van der Waals surface area contributed by atoms with Gasteiger partial charge in [0.05, 0.1) is 0 Å². The van der Waals surface area contributed by atoms with Crippen LogP contribution in [0.15, 0.2) is 89.1 Å². The van der Waals surface area contributed by atoms with E-state index in [1.54, 1.807) is 5.57 Å². The first-order valence-electron chi connectivity index (χ1n) is 11.1. The summed E-state index contributed by atoms with van der Waals surface area (Å²) in [7, 11) is 0.